The van der Waals surface area contributed by atoms with Crippen molar-refractivity contribution in [3.8, 4) is 0 Å². The highest BCUT2D eigenvalue weighted by atomic mass is 19.1. The predicted molar refractivity (Wildman–Crippen MR) is 89.2 cm³/mol. The SMILES string of the molecule is CC(C)C1=C(C(C)C)C2(CCC1F)CCN(C(C)C)CC2. The average molecular weight is 295 g/mol. The van der Waals surface area contributed by atoms with Crippen molar-refractivity contribution >= 4 is 0 Å². The molecule has 0 amide bonds. The molecule has 1 unspecified atom stereocenters. The third-order valence-corrected chi connectivity index (χ3v) is 5.78. The molecule has 1 aliphatic carbocycles. The molecule has 1 spiro atoms. The van der Waals surface area contributed by atoms with Gasteiger partial charge >= 0.3 is 0 Å². The van der Waals surface area contributed by atoms with Crippen LogP contribution in [0.1, 0.15) is 67.2 Å². The van der Waals surface area contributed by atoms with E-state index in [4.69, 9.17) is 0 Å². The summed E-state index contributed by atoms with van der Waals surface area (Å²) in [6, 6.07) is 0.635. The van der Waals surface area contributed by atoms with Crippen molar-refractivity contribution < 1.29 is 4.39 Å². The van der Waals surface area contributed by atoms with Gasteiger partial charge in [-0.1, -0.05) is 33.3 Å². The lowest BCUT2D eigenvalue weighted by Gasteiger charge is -2.50. The zero-order valence-corrected chi connectivity index (χ0v) is 14.9. The fraction of sp³-hybridized carbons (Fsp3) is 0.895. The largest absolute Gasteiger partial charge is 0.301 e. The second kappa shape index (κ2) is 6.40. The zero-order valence-electron chi connectivity index (χ0n) is 14.9. The summed E-state index contributed by atoms with van der Waals surface area (Å²) < 4.78 is 14.6. The van der Waals surface area contributed by atoms with Gasteiger partial charge in [0.15, 0.2) is 0 Å². The van der Waals surface area contributed by atoms with Crippen LogP contribution in [0.2, 0.25) is 0 Å². The lowest BCUT2D eigenvalue weighted by atomic mass is 9.60. The number of rotatable bonds is 3. The number of halogens is 1. The van der Waals surface area contributed by atoms with Crippen LogP contribution in [0.15, 0.2) is 11.1 Å². The van der Waals surface area contributed by atoms with Crippen LogP contribution in [0.3, 0.4) is 0 Å². The molecule has 1 saturated heterocycles. The molecular weight excluding hydrogens is 261 g/mol. The first-order valence-electron chi connectivity index (χ1n) is 8.91. The van der Waals surface area contributed by atoms with Crippen molar-refractivity contribution in [2.75, 3.05) is 13.1 Å². The van der Waals surface area contributed by atoms with E-state index in [1.807, 2.05) is 0 Å². The molecule has 1 fully saturated rings. The fourth-order valence-corrected chi connectivity index (χ4v) is 4.77. The minimum absolute atomic E-state index is 0.293. The van der Waals surface area contributed by atoms with Gasteiger partial charge in [-0.15, -0.1) is 0 Å². The molecule has 2 rings (SSSR count). The van der Waals surface area contributed by atoms with Gasteiger partial charge in [-0.25, -0.2) is 4.39 Å². The van der Waals surface area contributed by atoms with Crippen LogP contribution in [0.25, 0.3) is 0 Å². The van der Waals surface area contributed by atoms with Gasteiger partial charge in [0.25, 0.3) is 0 Å². The summed E-state index contributed by atoms with van der Waals surface area (Å²) >= 11 is 0. The summed E-state index contributed by atoms with van der Waals surface area (Å²) in [7, 11) is 0. The molecule has 1 heterocycles. The van der Waals surface area contributed by atoms with Crippen LogP contribution < -0.4 is 0 Å². The standard InChI is InChI=1S/C19H34FN/c1-13(2)17-16(20)7-8-19(18(17)14(3)4)9-11-21(12-10-19)15(5)6/h13-16H,7-12H2,1-6H3. The molecule has 0 N–H and O–H groups in total. The maximum Gasteiger partial charge on any atom is 0.122 e. The average Bonchev–Trinajstić information content (AvgIpc) is 2.41. The van der Waals surface area contributed by atoms with Gasteiger partial charge in [0.1, 0.15) is 6.17 Å². The number of likely N-dealkylation sites (tertiary alicyclic amines) is 1. The van der Waals surface area contributed by atoms with E-state index in [-0.39, 0.29) is 0 Å². The monoisotopic (exact) mass is 295 g/mol. The van der Waals surface area contributed by atoms with Crippen LogP contribution in [0.4, 0.5) is 4.39 Å². The summed E-state index contributed by atoms with van der Waals surface area (Å²) in [5.74, 6) is 0.823. The molecule has 0 aromatic rings. The minimum Gasteiger partial charge on any atom is -0.301 e. The minimum atomic E-state index is -0.698. The highest BCUT2D eigenvalue weighted by Gasteiger charge is 2.45. The van der Waals surface area contributed by atoms with Crippen molar-refractivity contribution in [3.05, 3.63) is 11.1 Å². The van der Waals surface area contributed by atoms with Crippen LogP contribution in [0, 0.1) is 17.3 Å². The Morgan fingerprint density at radius 1 is 0.952 bits per heavy atom. The Morgan fingerprint density at radius 3 is 1.95 bits per heavy atom. The quantitative estimate of drug-likeness (QED) is 0.645. The number of hydrogen-bond donors (Lipinski definition) is 0. The van der Waals surface area contributed by atoms with Gasteiger partial charge in [0.05, 0.1) is 0 Å². The predicted octanol–water partition coefficient (Wildman–Crippen LogP) is 5.22. The Morgan fingerprint density at radius 2 is 1.52 bits per heavy atom. The molecule has 21 heavy (non-hydrogen) atoms. The molecule has 2 aliphatic rings. The highest BCUT2D eigenvalue weighted by Crippen LogP contribution is 2.52. The van der Waals surface area contributed by atoms with Crippen molar-refractivity contribution in [1.82, 2.24) is 4.90 Å². The summed E-state index contributed by atoms with van der Waals surface area (Å²) in [4.78, 5) is 2.58. The van der Waals surface area contributed by atoms with E-state index in [0.29, 0.717) is 23.3 Å². The Hall–Kier alpha value is -0.370. The molecule has 0 aromatic heterocycles. The summed E-state index contributed by atoms with van der Waals surface area (Å²) in [6.07, 6.45) is 3.55. The summed E-state index contributed by atoms with van der Waals surface area (Å²) in [5, 5.41) is 0. The first-order chi connectivity index (χ1) is 9.78. The third-order valence-electron chi connectivity index (χ3n) is 5.78. The Balaban J connectivity index is 2.34. The van der Waals surface area contributed by atoms with E-state index in [9.17, 15) is 4.39 Å². The van der Waals surface area contributed by atoms with Gasteiger partial charge < -0.3 is 4.90 Å². The second-order valence-electron chi connectivity index (χ2n) is 8.09. The summed E-state index contributed by atoms with van der Waals surface area (Å²) in [5.41, 5.74) is 2.93. The van der Waals surface area contributed by atoms with E-state index in [2.05, 4.69) is 46.4 Å². The van der Waals surface area contributed by atoms with Gasteiger partial charge in [-0.2, -0.15) is 0 Å². The molecule has 1 aliphatic heterocycles. The van der Waals surface area contributed by atoms with E-state index in [1.54, 1.807) is 0 Å². The number of hydrogen-bond acceptors (Lipinski definition) is 1. The van der Waals surface area contributed by atoms with Crippen LogP contribution >= 0.6 is 0 Å². The summed E-state index contributed by atoms with van der Waals surface area (Å²) in [6.45, 7) is 15.8. The Labute approximate surface area is 131 Å². The smallest absolute Gasteiger partial charge is 0.122 e. The Bertz CT molecular complexity index is 386. The van der Waals surface area contributed by atoms with Crippen LogP contribution in [-0.4, -0.2) is 30.2 Å². The molecule has 0 aromatic carbocycles. The molecule has 2 heteroatoms. The van der Waals surface area contributed by atoms with Crippen LogP contribution in [-0.2, 0) is 0 Å². The fourth-order valence-electron chi connectivity index (χ4n) is 4.77. The number of allylic oxidation sites excluding steroid dienone is 2. The van der Waals surface area contributed by atoms with Gasteiger partial charge in [-0.05, 0) is 75.4 Å². The van der Waals surface area contributed by atoms with Crippen molar-refractivity contribution in [1.29, 1.82) is 0 Å². The maximum absolute atomic E-state index is 14.6. The van der Waals surface area contributed by atoms with E-state index in [0.717, 1.165) is 18.4 Å². The molecule has 0 radical (unpaired) electrons. The Kier molecular flexibility index (Phi) is 5.18. The van der Waals surface area contributed by atoms with E-state index < -0.39 is 6.17 Å². The van der Waals surface area contributed by atoms with E-state index in [1.165, 1.54) is 31.5 Å². The molecular formula is C19H34FN. The highest BCUT2D eigenvalue weighted by molar-refractivity contribution is 5.32. The third kappa shape index (κ3) is 3.21. The van der Waals surface area contributed by atoms with Crippen molar-refractivity contribution in [3.63, 3.8) is 0 Å². The molecule has 1 atom stereocenters. The topological polar surface area (TPSA) is 3.24 Å². The molecule has 1 nitrogen and oxygen atoms in total. The lowest BCUT2D eigenvalue weighted by molar-refractivity contribution is 0.0762. The number of piperidine rings is 1. The van der Waals surface area contributed by atoms with Gasteiger partial charge in [0, 0.05) is 6.04 Å². The van der Waals surface area contributed by atoms with Gasteiger partial charge in [0.2, 0.25) is 0 Å². The van der Waals surface area contributed by atoms with Crippen LogP contribution in [0.5, 0.6) is 0 Å². The normalized spacial score (nSPS) is 27.4. The van der Waals surface area contributed by atoms with Crippen molar-refractivity contribution in [2.24, 2.45) is 17.3 Å². The maximum atomic E-state index is 14.6. The second-order valence-corrected chi connectivity index (χ2v) is 8.09. The molecule has 0 bridgehead atoms. The van der Waals surface area contributed by atoms with Gasteiger partial charge in [-0.3, -0.25) is 0 Å². The number of nitrogens with zero attached hydrogens (tertiary/aromatic N) is 1. The van der Waals surface area contributed by atoms with Crippen molar-refractivity contribution in [2.45, 2.75) is 79.4 Å². The first-order valence-corrected chi connectivity index (χ1v) is 8.91. The first kappa shape index (κ1) is 17.0. The van der Waals surface area contributed by atoms with E-state index >= 15 is 0 Å². The molecule has 0 saturated carbocycles. The lowest BCUT2D eigenvalue weighted by Crippen LogP contribution is -2.47. The number of alkyl halides is 1. The zero-order chi connectivity index (χ0) is 15.8. The molecule has 122 valence electrons.